The Bertz CT molecular complexity index is 3780. The predicted molar refractivity (Wildman–Crippen MR) is 270 cm³/mol. The number of hydrogen-bond donors (Lipinski definition) is 0. The molecule has 0 atom stereocenters. The lowest BCUT2D eigenvalue weighted by Gasteiger charge is -2.21. The first kappa shape index (κ1) is 39.6. The smallest absolute Gasteiger partial charge is 0.167 e. The van der Waals surface area contributed by atoms with E-state index in [1.165, 1.54) is 0 Å². The molecule has 11 aromatic rings. The fraction of sp³-hybridized carbons (Fsp3) is 0. The second-order valence-electron chi connectivity index (χ2n) is 15.3. The van der Waals surface area contributed by atoms with Crippen molar-refractivity contribution in [1.29, 1.82) is 0 Å². The standard InChI is InChI=1S/C45H14B12N4O2/c46-28-24-25-29(47)34(52)38(56)39(57)42(25)63-41(24)27(32(50)33(28)51)45-59-43(58-44(60-45)26-30(48)35(53)37(55)36(54)31(26)49)18-10-6-14-22-23(18)17-9-5-13-21(40(17)62-22)61-19-11-3-1-7-15(19)16-8-2-4-12-20(16)61/h1-14H. The third-order valence-corrected chi connectivity index (χ3v) is 12.0. The molecular formula is C45H14B12N4O2. The average molecular weight is 772 g/mol. The Morgan fingerprint density at radius 2 is 0.825 bits per heavy atom. The van der Waals surface area contributed by atoms with Gasteiger partial charge in [0.25, 0.3) is 0 Å². The van der Waals surface area contributed by atoms with E-state index in [-0.39, 0.29) is 116 Å². The summed E-state index contributed by atoms with van der Waals surface area (Å²) in [5.41, 5.74) is 5.08. The number of para-hydroxylation sites is 3. The molecule has 0 spiro atoms. The summed E-state index contributed by atoms with van der Waals surface area (Å²) >= 11 is 0. The number of furan rings is 2. The first-order valence-electron chi connectivity index (χ1n) is 19.4. The summed E-state index contributed by atoms with van der Waals surface area (Å²) in [5, 5.41) is 4.21. The van der Waals surface area contributed by atoms with Gasteiger partial charge >= 0.3 is 0 Å². The Morgan fingerprint density at radius 3 is 1.48 bits per heavy atom. The number of benzene rings is 7. The van der Waals surface area contributed by atoms with Gasteiger partial charge in [0.05, 0.1) is 22.3 Å². The second-order valence-corrected chi connectivity index (χ2v) is 15.3. The molecule has 0 saturated heterocycles. The van der Waals surface area contributed by atoms with E-state index in [2.05, 4.69) is 28.8 Å². The molecular weight excluding hydrogens is 758 g/mol. The molecule has 0 aliphatic rings. The summed E-state index contributed by atoms with van der Waals surface area (Å²) in [5.74, 6) is 0.0699. The summed E-state index contributed by atoms with van der Waals surface area (Å²) in [6.07, 6.45) is 0. The summed E-state index contributed by atoms with van der Waals surface area (Å²) < 4.78 is 15.4. The van der Waals surface area contributed by atoms with Crippen molar-refractivity contribution in [2.45, 2.75) is 0 Å². The van der Waals surface area contributed by atoms with Crippen molar-refractivity contribution in [2.75, 3.05) is 0 Å². The zero-order valence-corrected chi connectivity index (χ0v) is 33.1. The highest BCUT2D eigenvalue weighted by Gasteiger charge is 2.27. The predicted octanol–water partition coefficient (Wildman–Crippen LogP) is -2.71. The van der Waals surface area contributed by atoms with Crippen molar-refractivity contribution in [3.8, 4) is 39.9 Å². The molecule has 0 unspecified atom stereocenters. The quantitative estimate of drug-likeness (QED) is 0.183. The van der Waals surface area contributed by atoms with E-state index in [1.807, 2.05) is 60.7 Å². The second kappa shape index (κ2) is 14.1. The van der Waals surface area contributed by atoms with Gasteiger partial charge in [-0.15, -0.1) is 32.8 Å². The maximum Gasteiger partial charge on any atom is 0.167 e. The van der Waals surface area contributed by atoms with Crippen LogP contribution in [0.25, 0.3) is 106 Å². The molecule has 6 nitrogen and oxygen atoms in total. The molecule has 4 aromatic heterocycles. The van der Waals surface area contributed by atoms with Crippen molar-refractivity contribution in [3.05, 3.63) is 84.9 Å². The summed E-state index contributed by atoms with van der Waals surface area (Å²) in [6.45, 7) is 0. The molecule has 0 bridgehead atoms. The van der Waals surface area contributed by atoms with Crippen LogP contribution in [0.2, 0.25) is 0 Å². The van der Waals surface area contributed by atoms with Crippen molar-refractivity contribution in [1.82, 2.24) is 19.5 Å². The van der Waals surface area contributed by atoms with Gasteiger partial charge in [0.2, 0.25) is 0 Å². The lowest BCUT2D eigenvalue weighted by atomic mass is 9.60. The van der Waals surface area contributed by atoms with Gasteiger partial charge in [-0.1, -0.05) is 93.4 Å². The van der Waals surface area contributed by atoms with E-state index >= 15 is 0 Å². The van der Waals surface area contributed by atoms with E-state index in [0.29, 0.717) is 22.1 Å². The third-order valence-electron chi connectivity index (χ3n) is 12.0. The van der Waals surface area contributed by atoms with Gasteiger partial charge in [-0.2, -0.15) is 0 Å². The monoisotopic (exact) mass is 774 g/mol. The molecule has 0 N–H and O–H groups in total. The molecule has 0 aliphatic carbocycles. The van der Waals surface area contributed by atoms with Crippen LogP contribution < -0.4 is 65.6 Å². The van der Waals surface area contributed by atoms with Gasteiger partial charge in [-0.25, -0.2) is 15.0 Å². The summed E-state index contributed by atoms with van der Waals surface area (Å²) in [4.78, 5) is 14.9. The van der Waals surface area contributed by atoms with Crippen LogP contribution >= 0.6 is 0 Å². The van der Waals surface area contributed by atoms with Crippen molar-refractivity contribution < 1.29 is 8.83 Å². The van der Waals surface area contributed by atoms with Crippen LogP contribution in [-0.4, -0.2) is 114 Å². The molecule has 24 radical (unpaired) electrons. The van der Waals surface area contributed by atoms with Gasteiger partial charge < -0.3 is 13.4 Å². The SMILES string of the molecule is [B]c1c([B])c([B])c(-c2nc(-c3c([B])c([B])c([B])c4c3oc3c([B])c([B])c([B])c([B])c34)nc(-c3cccc4oc5c(-n6c7ccccc7c7ccccc76)cccc5c34)n2)c([B])c1[B]. The topological polar surface area (TPSA) is 69.9 Å². The molecule has 0 amide bonds. The van der Waals surface area contributed by atoms with Crippen LogP contribution in [0.1, 0.15) is 0 Å². The zero-order valence-electron chi connectivity index (χ0n) is 33.1. The lowest BCUT2D eigenvalue weighted by molar-refractivity contribution is 0.666. The van der Waals surface area contributed by atoms with Crippen LogP contribution in [0.5, 0.6) is 0 Å². The molecule has 262 valence electrons. The highest BCUT2D eigenvalue weighted by atomic mass is 16.3. The number of fused-ring (bicyclic) bond motifs is 9. The molecule has 18 heteroatoms. The maximum atomic E-state index is 6.83. The Balaban J connectivity index is 1.25. The molecule has 0 saturated carbocycles. The normalized spacial score (nSPS) is 11.9. The molecule has 7 aromatic carbocycles. The van der Waals surface area contributed by atoms with Crippen LogP contribution in [0.4, 0.5) is 0 Å². The Kier molecular flexibility index (Phi) is 8.87. The molecule has 4 heterocycles. The van der Waals surface area contributed by atoms with Crippen LogP contribution in [0, 0.1) is 0 Å². The number of nitrogens with zero attached hydrogens (tertiary/aromatic N) is 4. The van der Waals surface area contributed by atoms with Crippen molar-refractivity contribution >= 4 is 225 Å². The van der Waals surface area contributed by atoms with Crippen molar-refractivity contribution in [3.63, 3.8) is 0 Å². The Labute approximate surface area is 376 Å². The molecule has 0 fully saturated rings. The minimum atomic E-state index is -0.0371. The first-order chi connectivity index (χ1) is 30.3. The fourth-order valence-corrected chi connectivity index (χ4v) is 8.80. The lowest BCUT2D eigenvalue weighted by Crippen LogP contribution is -2.55. The fourth-order valence-electron chi connectivity index (χ4n) is 8.80. The maximum absolute atomic E-state index is 6.83. The van der Waals surface area contributed by atoms with Crippen molar-refractivity contribution in [2.24, 2.45) is 0 Å². The summed E-state index contributed by atoms with van der Waals surface area (Å²) in [7, 11) is 77.9. The zero-order chi connectivity index (χ0) is 43.9. The number of hydrogen-bond acceptors (Lipinski definition) is 5. The van der Waals surface area contributed by atoms with Crippen LogP contribution in [0.15, 0.2) is 93.8 Å². The van der Waals surface area contributed by atoms with E-state index in [1.54, 1.807) is 0 Å². The Hall–Kier alpha value is -6.27. The van der Waals surface area contributed by atoms with Crippen LogP contribution in [-0.2, 0) is 0 Å². The van der Waals surface area contributed by atoms with Gasteiger partial charge in [0.15, 0.2) is 23.1 Å². The largest absolute Gasteiger partial charge is 0.456 e. The highest BCUT2D eigenvalue weighted by molar-refractivity contribution is 6.70. The van der Waals surface area contributed by atoms with Crippen LogP contribution in [0.3, 0.4) is 0 Å². The number of aromatic nitrogens is 4. The first-order valence-corrected chi connectivity index (χ1v) is 19.4. The molecule has 63 heavy (non-hydrogen) atoms. The van der Waals surface area contributed by atoms with E-state index in [4.69, 9.17) is 118 Å². The Morgan fingerprint density at radius 1 is 0.349 bits per heavy atom. The van der Waals surface area contributed by atoms with Gasteiger partial charge in [0, 0.05) is 43.4 Å². The van der Waals surface area contributed by atoms with Gasteiger partial charge in [0.1, 0.15) is 111 Å². The minimum Gasteiger partial charge on any atom is -0.456 e. The molecule has 11 rings (SSSR count). The van der Waals surface area contributed by atoms with Gasteiger partial charge in [-0.05, 0) is 24.3 Å². The van der Waals surface area contributed by atoms with E-state index < -0.39 is 0 Å². The van der Waals surface area contributed by atoms with E-state index in [0.717, 1.165) is 32.9 Å². The highest BCUT2D eigenvalue weighted by Crippen LogP contribution is 2.41. The van der Waals surface area contributed by atoms with E-state index in [9.17, 15) is 0 Å². The minimum absolute atomic E-state index is 0.00482. The number of rotatable bonds is 4. The molecule has 0 aliphatic heterocycles. The summed E-state index contributed by atoms with van der Waals surface area (Å²) in [6, 6.07) is 28.0. The third kappa shape index (κ3) is 5.46. The average Bonchev–Trinajstić information content (AvgIpc) is 3.99. The van der Waals surface area contributed by atoms with Gasteiger partial charge in [-0.3, -0.25) is 0 Å².